The minimum atomic E-state index is 0.113. The summed E-state index contributed by atoms with van der Waals surface area (Å²) in [5, 5.41) is 2.81. The van der Waals surface area contributed by atoms with Crippen molar-refractivity contribution < 1.29 is 4.79 Å². The Morgan fingerprint density at radius 2 is 2.38 bits per heavy atom. The molecule has 0 saturated heterocycles. The van der Waals surface area contributed by atoms with Crippen LogP contribution in [0.25, 0.3) is 0 Å². The summed E-state index contributed by atoms with van der Waals surface area (Å²) in [4.78, 5) is 11.2. The number of nitrogens with one attached hydrogen (secondary N) is 1. The highest BCUT2D eigenvalue weighted by molar-refractivity contribution is 5.75. The molecule has 0 aliphatic carbocycles. The fraction of sp³-hybridized carbons (Fsp3) is 0.700. The molecule has 0 aliphatic rings. The van der Waals surface area contributed by atoms with Crippen molar-refractivity contribution in [1.29, 1.82) is 0 Å². The van der Waals surface area contributed by atoms with E-state index in [1.54, 1.807) is 6.08 Å². The molecule has 0 saturated carbocycles. The SMILES string of the molecule is C=CCCNC(=O)CCC(C)CN. The van der Waals surface area contributed by atoms with E-state index in [0.29, 0.717) is 25.4 Å². The smallest absolute Gasteiger partial charge is 0.220 e. The highest BCUT2D eigenvalue weighted by atomic mass is 16.1. The topological polar surface area (TPSA) is 55.1 Å². The molecule has 3 nitrogen and oxygen atoms in total. The van der Waals surface area contributed by atoms with Gasteiger partial charge in [-0.2, -0.15) is 0 Å². The second kappa shape index (κ2) is 7.80. The monoisotopic (exact) mass is 184 g/mol. The predicted octanol–water partition coefficient (Wildman–Crippen LogP) is 1.05. The van der Waals surface area contributed by atoms with Gasteiger partial charge < -0.3 is 11.1 Å². The summed E-state index contributed by atoms with van der Waals surface area (Å²) in [6.45, 7) is 6.98. The molecular weight excluding hydrogens is 164 g/mol. The average molecular weight is 184 g/mol. The van der Waals surface area contributed by atoms with Crippen LogP contribution >= 0.6 is 0 Å². The summed E-state index contributed by atoms with van der Waals surface area (Å²) in [6, 6.07) is 0. The van der Waals surface area contributed by atoms with Crippen LogP contribution in [0.1, 0.15) is 26.2 Å². The largest absolute Gasteiger partial charge is 0.356 e. The van der Waals surface area contributed by atoms with Gasteiger partial charge in [0.2, 0.25) is 5.91 Å². The van der Waals surface area contributed by atoms with E-state index in [9.17, 15) is 4.79 Å². The molecular formula is C10H20N2O. The standard InChI is InChI=1S/C10H20N2O/c1-3-4-7-12-10(13)6-5-9(2)8-11/h3,9H,1,4-8,11H2,2H3,(H,12,13). The van der Waals surface area contributed by atoms with Crippen molar-refractivity contribution in [3.05, 3.63) is 12.7 Å². The molecule has 0 spiro atoms. The lowest BCUT2D eigenvalue weighted by molar-refractivity contribution is -0.121. The molecule has 3 N–H and O–H groups in total. The van der Waals surface area contributed by atoms with Crippen LogP contribution in [0.15, 0.2) is 12.7 Å². The highest BCUT2D eigenvalue weighted by Crippen LogP contribution is 2.02. The zero-order valence-electron chi connectivity index (χ0n) is 8.38. The summed E-state index contributed by atoms with van der Waals surface area (Å²) in [5.41, 5.74) is 5.43. The maximum Gasteiger partial charge on any atom is 0.220 e. The van der Waals surface area contributed by atoms with Gasteiger partial charge >= 0.3 is 0 Å². The Morgan fingerprint density at radius 3 is 2.92 bits per heavy atom. The lowest BCUT2D eigenvalue weighted by atomic mass is 10.1. The van der Waals surface area contributed by atoms with Crippen LogP contribution in [0, 0.1) is 5.92 Å². The van der Waals surface area contributed by atoms with Gasteiger partial charge in [-0.25, -0.2) is 0 Å². The number of amides is 1. The van der Waals surface area contributed by atoms with Gasteiger partial charge in [0.05, 0.1) is 0 Å². The minimum absolute atomic E-state index is 0.113. The van der Waals surface area contributed by atoms with Crippen molar-refractivity contribution in [1.82, 2.24) is 5.32 Å². The number of carbonyl (C=O) groups excluding carboxylic acids is 1. The lowest BCUT2D eigenvalue weighted by Gasteiger charge is -2.07. The van der Waals surface area contributed by atoms with Crippen molar-refractivity contribution >= 4 is 5.91 Å². The average Bonchev–Trinajstić information content (AvgIpc) is 2.14. The van der Waals surface area contributed by atoms with Crippen LogP contribution in [0.5, 0.6) is 0 Å². The van der Waals surface area contributed by atoms with Crippen molar-refractivity contribution in [2.24, 2.45) is 11.7 Å². The fourth-order valence-electron chi connectivity index (χ4n) is 0.897. The summed E-state index contributed by atoms with van der Waals surface area (Å²) >= 11 is 0. The third kappa shape index (κ3) is 7.53. The minimum Gasteiger partial charge on any atom is -0.356 e. The Morgan fingerprint density at radius 1 is 1.69 bits per heavy atom. The molecule has 0 aromatic rings. The summed E-state index contributed by atoms with van der Waals surface area (Å²) in [7, 11) is 0. The van der Waals surface area contributed by atoms with Crippen LogP contribution in [0.4, 0.5) is 0 Å². The normalized spacial score (nSPS) is 12.2. The molecule has 0 aromatic carbocycles. The van der Waals surface area contributed by atoms with E-state index in [4.69, 9.17) is 5.73 Å². The molecule has 0 rings (SSSR count). The second-order valence-electron chi connectivity index (χ2n) is 3.31. The molecule has 3 heteroatoms. The molecule has 0 aromatic heterocycles. The number of hydrogen-bond donors (Lipinski definition) is 2. The molecule has 0 bridgehead atoms. The van der Waals surface area contributed by atoms with E-state index >= 15 is 0 Å². The first-order valence-corrected chi connectivity index (χ1v) is 4.78. The third-order valence-corrected chi connectivity index (χ3v) is 1.94. The maximum atomic E-state index is 11.2. The van der Waals surface area contributed by atoms with Crippen LogP contribution in [-0.2, 0) is 4.79 Å². The van der Waals surface area contributed by atoms with Gasteiger partial charge in [-0.3, -0.25) is 4.79 Å². The Balaban J connectivity index is 3.34. The first-order valence-electron chi connectivity index (χ1n) is 4.78. The van der Waals surface area contributed by atoms with Gasteiger partial charge in [-0.15, -0.1) is 6.58 Å². The lowest BCUT2D eigenvalue weighted by Crippen LogP contribution is -2.25. The van der Waals surface area contributed by atoms with E-state index in [1.165, 1.54) is 0 Å². The van der Waals surface area contributed by atoms with E-state index < -0.39 is 0 Å². The Hall–Kier alpha value is -0.830. The van der Waals surface area contributed by atoms with Gasteiger partial charge in [-0.1, -0.05) is 13.0 Å². The van der Waals surface area contributed by atoms with Gasteiger partial charge in [0.1, 0.15) is 0 Å². The zero-order chi connectivity index (χ0) is 10.1. The highest BCUT2D eigenvalue weighted by Gasteiger charge is 2.03. The molecule has 13 heavy (non-hydrogen) atoms. The van der Waals surface area contributed by atoms with Crippen molar-refractivity contribution in [3.63, 3.8) is 0 Å². The van der Waals surface area contributed by atoms with Gasteiger partial charge in [0, 0.05) is 13.0 Å². The summed E-state index contributed by atoms with van der Waals surface area (Å²) in [6.07, 6.45) is 4.08. The van der Waals surface area contributed by atoms with Gasteiger partial charge in [0.15, 0.2) is 0 Å². The summed E-state index contributed by atoms with van der Waals surface area (Å²) < 4.78 is 0. The van der Waals surface area contributed by atoms with Crippen molar-refractivity contribution in [2.45, 2.75) is 26.2 Å². The maximum absolute atomic E-state index is 11.2. The van der Waals surface area contributed by atoms with E-state index in [-0.39, 0.29) is 5.91 Å². The molecule has 1 amide bonds. The second-order valence-corrected chi connectivity index (χ2v) is 3.31. The molecule has 1 atom stereocenters. The van der Waals surface area contributed by atoms with Crippen molar-refractivity contribution in [3.8, 4) is 0 Å². The van der Waals surface area contributed by atoms with Crippen molar-refractivity contribution in [2.75, 3.05) is 13.1 Å². The molecule has 0 fully saturated rings. The number of carbonyl (C=O) groups is 1. The third-order valence-electron chi connectivity index (χ3n) is 1.94. The molecule has 76 valence electrons. The van der Waals surface area contributed by atoms with Crippen LogP contribution < -0.4 is 11.1 Å². The van der Waals surface area contributed by atoms with E-state index in [0.717, 1.165) is 12.8 Å². The molecule has 0 heterocycles. The van der Waals surface area contributed by atoms with E-state index in [1.807, 2.05) is 0 Å². The number of hydrogen-bond acceptors (Lipinski definition) is 2. The predicted molar refractivity (Wildman–Crippen MR) is 55.3 cm³/mol. The Labute approximate surface area is 80.4 Å². The molecule has 0 aliphatic heterocycles. The number of rotatable bonds is 7. The molecule has 1 unspecified atom stereocenters. The van der Waals surface area contributed by atoms with Gasteiger partial charge in [-0.05, 0) is 25.3 Å². The van der Waals surface area contributed by atoms with E-state index in [2.05, 4.69) is 18.8 Å². The van der Waals surface area contributed by atoms with Gasteiger partial charge in [0.25, 0.3) is 0 Å². The number of nitrogens with two attached hydrogens (primary N) is 1. The molecule has 0 radical (unpaired) electrons. The zero-order valence-corrected chi connectivity index (χ0v) is 8.38. The first kappa shape index (κ1) is 12.2. The Bertz CT molecular complexity index is 157. The summed E-state index contributed by atoms with van der Waals surface area (Å²) in [5.74, 6) is 0.548. The first-order chi connectivity index (χ1) is 6.20. The fourth-order valence-corrected chi connectivity index (χ4v) is 0.897. The van der Waals surface area contributed by atoms with Crippen LogP contribution in [-0.4, -0.2) is 19.0 Å². The quantitative estimate of drug-likeness (QED) is 0.459. The Kier molecular flexibility index (Phi) is 7.30. The van der Waals surface area contributed by atoms with Crippen LogP contribution in [0.2, 0.25) is 0 Å². The van der Waals surface area contributed by atoms with Crippen LogP contribution in [0.3, 0.4) is 0 Å².